The molecule has 30 heavy (non-hydrogen) atoms. The van der Waals surface area contributed by atoms with Gasteiger partial charge in [0.1, 0.15) is 18.8 Å². The van der Waals surface area contributed by atoms with Crippen molar-refractivity contribution in [3.63, 3.8) is 0 Å². The second-order valence-electron chi connectivity index (χ2n) is 6.79. The number of hydrogen-bond donors (Lipinski definition) is 0. The molecular weight excluding hydrogens is 601 g/mol. The lowest BCUT2D eigenvalue weighted by atomic mass is 10.1. The minimum absolute atomic E-state index is 0.185. The molecule has 0 fully saturated rings. The van der Waals surface area contributed by atoms with Crippen molar-refractivity contribution in [3.8, 4) is 5.69 Å². The summed E-state index contributed by atoms with van der Waals surface area (Å²) in [4.78, 5) is 0. The van der Waals surface area contributed by atoms with Gasteiger partial charge in [-0.25, -0.2) is 4.57 Å². The zero-order chi connectivity index (χ0) is 21.6. The van der Waals surface area contributed by atoms with Crippen LogP contribution in [0.3, 0.4) is 0 Å². The van der Waals surface area contributed by atoms with Gasteiger partial charge in [0.05, 0.1) is 8.95 Å². The van der Waals surface area contributed by atoms with Crippen molar-refractivity contribution in [2.75, 3.05) is 0 Å². The van der Waals surface area contributed by atoms with Crippen molar-refractivity contribution in [3.05, 3.63) is 73.1 Å². The Morgan fingerprint density at radius 2 is 1.70 bits per heavy atom. The molecule has 1 aliphatic heterocycles. The number of ether oxygens (including phenoxy) is 1. The highest BCUT2D eigenvalue weighted by molar-refractivity contribution is 9.11. The summed E-state index contributed by atoms with van der Waals surface area (Å²) in [6.07, 6.45) is 3.23. The number of nitrogens with zero attached hydrogens (tertiary/aromatic N) is 3. The van der Waals surface area contributed by atoms with Crippen LogP contribution in [0.15, 0.2) is 56.1 Å². The van der Waals surface area contributed by atoms with Gasteiger partial charge in [-0.2, -0.15) is 0 Å². The van der Waals surface area contributed by atoms with Gasteiger partial charge in [0, 0.05) is 16.0 Å². The van der Waals surface area contributed by atoms with Crippen molar-refractivity contribution >= 4 is 55.0 Å². The Morgan fingerprint density at radius 3 is 2.37 bits per heavy atom. The summed E-state index contributed by atoms with van der Waals surface area (Å²) in [5.41, 5.74) is 3.69. The van der Waals surface area contributed by atoms with E-state index < -0.39 is 7.25 Å². The van der Waals surface area contributed by atoms with E-state index in [2.05, 4.69) is 82.9 Å². The molecule has 0 unspecified atom stereocenters. The first-order valence-electron chi connectivity index (χ1n) is 8.83. The first kappa shape index (κ1) is 22.0. The van der Waals surface area contributed by atoms with Crippen LogP contribution in [0.1, 0.15) is 23.0 Å². The second-order valence-corrected chi connectivity index (χ2v) is 9.42. The van der Waals surface area contributed by atoms with Crippen LogP contribution in [0.2, 0.25) is 0 Å². The molecule has 12 heteroatoms. The van der Waals surface area contributed by atoms with Crippen LogP contribution < -0.4 is 4.57 Å². The van der Waals surface area contributed by atoms with E-state index in [0.717, 1.165) is 31.4 Å². The van der Waals surface area contributed by atoms with Crippen LogP contribution in [0.5, 0.6) is 0 Å². The normalized spacial score (nSPS) is 19.4. The van der Waals surface area contributed by atoms with Gasteiger partial charge in [0.15, 0.2) is 5.69 Å². The third-order valence-electron chi connectivity index (χ3n) is 4.84. The fourth-order valence-corrected chi connectivity index (χ4v) is 6.40. The predicted octanol–water partition coefficient (Wildman–Crippen LogP) is 5.79. The van der Waals surface area contributed by atoms with E-state index in [1.54, 1.807) is 0 Å². The Bertz CT molecular complexity index is 1080. The van der Waals surface area contributed by atoms with Gasteiger partial charge in [-0.15, -0.1) is 0 Å². The lowest BCUT2D eigenvalue weighted by Gasteiger charge is -2.23. The Balaban J connectivity index is 0.000000393. The highest BCUT2D eigenvalue weighted by Crippen LogP contribution is 2.37. The van der Waals surface area contributed by atoms with E-state index >= 15 is 0 Å². The van der Waals surface area contributed by atoms with Crippen molar-refractivity contribution in [2.45, 2.75) is 25.2 Å². The molecule has 0 spiro atoms. The van der Waals surface area contributed by atoms with Gasteiger partial charge in [0.2, 0.25) is 6.33 Å². The minimum Gasteiger partial charge on any atom is -0.418 e. The van der Waals surface area contributed by atoms with Crippen molar-refractivity contribution in [1.29, 1.82) is 0 Å². The van der Waals surface area contributed by atoms with E-state index in [-0.39, 0.29) is 12.1 Å². The zero-order valence-corrected chi connectivity index (χ0v) is 19.8. The number of aromatic nitrogens is 3. The summed E-state index contributed by atoms with van der Waals surface area (Å²) < 4.78 is 52.2. The van der Waals surface area contributed by atoms with Crippen LogP contribution in [0.4, 0.5) is 17.3 Å². The summed E-state index contributed by atoms with van der Waals surface area (Å²) in [5.74, 6) is 0.944. The molecule has 5 rings (SSSR count). The average Bonchev–Trinajstić information content (AvgIpc) is 3.19. The topological polar surface area (TPSA) is 30.9 Å². The number of rotatable bonds is 1. The highest BCUT2D eigenvalue weighted by Gasteiger charge is 2.43. The summed E-state index contributed by atoms with van der Waals surface area (Å²) in [6.45, 7) is 0.536. The molecule has 1 aromatic heterocycles. The monoisotopic (exact) mass is 611 g/mol. The van der Waals surface area contributed by atoms with Gasteiger partial charge in [-0.05, 0) is 55.1 Å². The molecule has 2 aromatic carbocycles. The molecule has 2 aliphatic rings. The molecule has 2 atom stereocenters. The van der Waals surface area contributed by atoms with Crippen LogP contribution in [0.25, 0.3) is 5.69 Å². The molecule has 2 heterocycles. The maximum absolute atomic E-state index is 9.75. The molecule has 0 saturated heterocycles. The van der Waals surface area contributed by atoms with Crippen molar-refractivity contribution < 1.29 is 26.6 Å². The third kappa shape index (κ3) is 4.51. The smallest absolute Gasteiger partial charge is 0.418 e. The first-order chi connectivity index (χ1) is 14.1. The SMILES string of the molecule is Brc1cc(Br)c(-n2c[n+]3c(n2)CO[C@H]2Cc4ccccc4[C@H]23)c(Br)c1.F[B-](F)(F)F. The fourth-order valence-electron chi connectivity index (χ4n) is 3.78. The van der Waals surface area contributed by atoms with Gasteiger partial charge in [-0.3, -0.25) is 0 Å². The summed E-state index contributed by atoms with van der Waals surface area (Å²) in [5, 5.41) is 4.79. The largest absolute Gasteiger partial charge is 0.673 e. The van der Waals surface area contributed by atoms with E-state index in [9.17, 15) is 17.3 Å². The number of hydrogen-bond acceptors (Lipinski definition) is 2. The summed E-state index contributed by atoms with van der Waals surface area (Å²) in [7, 11) is -6.00. The number of benzene rings is 2. The van der Waals surface area contributed by atoms with Gasteiger partial charge < -0.3 is 22.0 Å². The van der Waals surface area contributed by atoms with Gasteiger partial charge >= 0.3 is 13.1 Å². The van der Waals surface area contributed by atoms with Crippen LogP contribution in [0, 0.1) is 0 Å². The molecular formula is C18H13BBr3F4N3O. The summed E-state index contributed by atoms with van der Waals surface area (Å²) in [6, 6.07) is 12.8. The molecule has 0 saturated carbocycles. The number of halogens is 7. The van der Waals surface area contributed by atoms with Crippen LogP contribution in [-0.2, 0) is 17.8 Å². The minimum atomic E-state index is -6.00. The van der Waals surface area contributed by atoms with Crippen molar-refractivity contribution in [2.24, 2.45) is 0 Å². The summed E-state index contributed by atoms with van der Waals surface area (Å²) >= 11 is 10.8. The van der Waals surface area contributed by atoms with E-state index in [1.807, 2.05) is 16.8 Å². The van der Waals surface area contributed by atoms with E-state index in [1.165, 1.54) is 11.1 Å². The quantitative estimate of drug-likeness (QED) is 0.198. The Labute approximate surface area is 194 Å². The third-order valence-corrected chi connectivity index (χ3v) is 6.51. The molecule has 0 radical (unpaired) electrons. The van der Waals surface area contributed by atoms with Gasteiger partial charge in [0.25, 0.3) is 0 Å². The molecule has 3 aromatic rings. The average molecular weight is 614 g/mol. The molecule has 158 valence electrons. The fraction of sp³-hybridized carbons (Fsp3) is 0.222. The molecule has 0 amide bonds. The van der Waals surface area contributed by atoms with E-state index in [4.69, 9.17) is 9.84 Å². The van der Waals surface area contributed by atoms with Crippen LogP contribution in [-0.4, -0.2) is 23.1 Å². The van der Waals surface area contributed by atoms with Crippen molar-refractivity contribution in [1.82, 2.24) is 9.78 Å². The lowest BCUT2D eigenvalue weighted by molar-refractivity contribution is -0.739. The molecule has 1 aliphatic carbocycles. The van der Waals surface area contributed by atoms with Crippen LogP contribution >= 0.6 is 47.8 Å². The maximum atomic E-state index is 9.75. The highest BCUT2D eigenvalue weighted by atomic mass is 79.9. The Hall–Kier alpha value is -1.24. The van der Waals surface area contributed by atoms with Gasteiger partial charge in [-0.1, -0.05) is 44.9 Å². The lowest BCUT2D eigenvalue weighted by Crippen LogP contribution is -2.51. The predicted molar refractivity (Wildman–Crippen MR) is 114 cm³/mol. The Morgan fingerprint density at radius 1 is 1.07 bits per heavy atom. The Kier molecular flexibility index (Phi) is 6.13. The standard InChI is InChI=1S/C18H13Br3N3O.BF4/c19-11-6-13(20)18(14(21)7-11)24-9-23-16(22-24)8-25-15-5-10-3-1-2-4-12(10)17(15)23;2-1(3,4)5/h1-4,6-7,9,15,17H,5,8H2;/q+1;-1/t15-,17+;/m0./s1. The van der Waals surface area contributed by atoms with E-state index in [0.29, 0.717) is 6.61 Å². The molecule has 4 nitrogen and oxygen atoms in total. The first-order valence-corrected chi connectivity index (χ1v) is 11.2. The molecule has 0 N–H and O–H groups in total. The molecule has 0 bridgehead atoms. The second kappa shape index (κ2) is 8.36. The maximum Gasteiger partial charge on any atom is 0.673 e. The zero-order valence-electron chi connectivity index (χ0n) is 15.1. The number of fused-ring (bicyclic) bond motifs is 5.